The Hall–Kier alpha value is -1.10. The molecule has 0 saturated heterocycles. The van der Waals surface area contributed by atoms with Crippen molar-refractivity contribution in [3.63, 3.8) is 0 Å². The van der Waals surface area contributed by atoms with E-state index in [0.717, 1.165) is 25.7 Å². The third kappa shape index (κ3) is 30.0. The molecule has 0 radical (unpaired) electrons. The summed E-state index contributed by atoms with van der Waals surface area (Å²) < 4.78 is 5.85. The normalized spacial score (nSPS) is 11.8. The lowest BCUT2D eigenvalue weighted by Crippen LogP contribution is -2.48. The van der Waals surface area contributed by atoms with E-state index in [2.05, 4.69) is 13.8 Å². The first-order valence-corrected chi connectivity index (χ1v) is 20.2. The molecule has 268 valence electrons. The minimum atomic E-state index is -1.05. The molecule has 0 aromatic rings. The maximum atomic E-state index is 12.6. The van der Waals surface area contributed by atoms with Crippen LogP contribution in [0.2, 0.25) is 0 Å². The molecule has 0 bridgehead atoms. The second kappa shape index (κ2) is 34.2. The van der Waals surface area contributed by atoms with Gasteiger partial charge in [-0.25, -0.2) is 0 Å². The zero-order chi connectivity index (χ0) is 33.1. The Kier molecular flexibility index (Phi) is 33.4. The average molecular weight is 637 g/mol. The second-order valence-electron chi connectivity index (χ2n) is 14.2. The number of amides is 2. The number of unbranched alkanes of at least 4 members (excludes halogenated alkanes) is 30. The predicted molar refractivity (Wildman–Crippen MR) is 195 cm³/mol. The number of hydrogen-bond acceptors (Lipinski definition) is 3. The van der Waals surface area contributed by atoms with Gasteiger partial charge in [0.15, 0.2) is 0 Å². The number of rotatable bonds is 38. The van der Waals surface area contributed by atoms with Gasteiger partial charge in [0.2, 0.25) is 11.8 Å². The van der Waals surface area contributed by atoms with Crippen molar-refractivity contribution in [1.82, 2.24) is 0 Å². The standard InChI is InChI=1S/C40H80N2O3/c1-3-5-7-9-11-13-15-17-19-21-23-25-27-29-31-33-35-40(39(42)44,45-37-38(41)43)36-34-32-30-28-26-24-22-20-18-16-14-12-10-8-6-4-2/h3-37H2,1-2H3,(H2,41,43)(H2,42,44). The molecule has 0 aromatic heterocycles. The summed E-state index contributed by atoms with van der Waals surface area (Å²) in [7, 11) is 0. The highest BCUT2D eigenvalue weighted by Gasteiger charge is 2.37. The van der Waals surface area contributed by atoms with Crippen LogP contribution in [0.1, 0.15) is 232 Å². The molecule has 0 rings (SSSR count). The SMILES string of the molecule is CCCCCCCCCCCCCCCCCCC(CCCCCCCCCCCCCCCCCC)(OCC(N)=O)C(N)=O. The van der Waals surface area contributed by atoms with Crippen LogP contribution in [0.25, 0.3) is 0 Å². The molecular formula is C40H80N2O3. The lowest BCUT2D eigenvalue weighted by molar-refractivity contribution is -0.150. The van der Waals surface area contributed by atoms with E-state index < -0.39 is 17.4 Å². The Labute approximate surface area is 281 Å². The van der Waals surface area contributed by atoms with Crippen LogP contribution in [0, 0.1) is 0 Å². The maximum absolute atomic E-state index is 12.6. The van der Waals surface area contributed by atoms with E-state index in [1.54, 1.807) is 0 Å². The third-order valence-corrected chi connectivity index (χ3v) is 9.81. The van der Waals surface area contributed by atoms with Crippen LogP contribution in [-0.2, 0) is 14.3 Å². The molecule has 45 heavy (non-hydrogen) atoms. The summed E-state index contributed by atoms with van der Waals surface area (Å²) in [5, 5.41) is 0. The van der Waals surface area contributed by atoms with Crippen molar-refractivity contribution in [2.24, 2.45) is 11.5 Å². The highest BCUT2D eigenvalue weighted by atomic mass is 16.5. The van der Waals surface area contributed by atoms with Gasteiger partial charge >= 0.3 is 0 Å². The van der Waals surface area contributed by atoms with Gasteiger partial charge in [-0.1, -0.05) is 219 Å². The third-order valence-electron chi connectivity index (χ3n) is 9.81. The van der Waals surface area contributed by atoms with Crippen molar-refractivity contribution in [3.8, 4) is 0 Å². The lowest BCUT2D eigenvalue weighted by Gasteiger charge is -2.30. The molecule has 0 unspecified atom stereocenters. The first kappa shape index (κ1) is 43.9. The fraction of sp³-hybridized carbons (Fsp3) is 0.950. The summed E-state index contributed by atoms with van der Waals surface area (Å²) >= 11 is 0. The van der Waals surface area contributed by atoms with Gasteiger partial charge in [0.05, 0.1) is 0 Å². The van der Waals surface area contributed by atoms with Crippen LogP contribution in [0.4, 0.5) is 0 Å². The van der Waals surface area contributed by atoms with Crippen molar-refractivity contribution < 1.29 is 14.3 Å². The van der Waals surface area contributed by atoms with Crippen LogP contribution in [-0.4, -0.2) is 24.0 Å². The Bertz CT molecular complexity index is 603. The first-order chi connectivity index (χ1) is 22.0. The molecule has 0 aliphatic rings. The van der Waals surface area contributed by atoms with Gasteiger partial charge in [-0.2, -0.15) is 0 Å². The van der Waals surface area contributed by atoms with Crippen LogP contribution < -0.4 is 11.5 Å². The zero-order valence-electron chi connectivity index (χ0n) is 30.6. The van der Waals surface area contributed by atoms with Crippen LogP contribution >= 0.6 is 0 Å². The Balaban J connectivity index is 3.95. The molecule has 0 saturated carbocycles. The molecule has 0 fully saturated rings. The Morgan fingerprint density at radius 1 is 0.400 bits per heavy atom. The van der Waals surface area contributed by atoms with Crippen molar-refractivity contribution in [2.75, 3.05) is 6.61 Å². The van der Waals surface area contributed by atoms with Crippen LogP contribution in [0.5, 0.6) is 0 Å². The summed E-state index contributed by atoms with van der Waals surface area (Å²) in [5.41, 5.74) is 10.2. The molecule has 2 amide bonds. The minimum Gasteiger partial charge on any atom is -0.368 e. The molecule has 0 aromatic carbocycles. The zero-order valence-corrected chi connectivity index (χ0v) is 30.6. The molecule has 0 spiro atoms. The number of hydrogen-bond donors (Lipinski definition) is 2. The molecule has 4 N–H and O–H groups in total. The topological polar surface area (TPSA) is 95.4 Å². The predicted octanol–water partition coefficient (Wildman–Crippen LogP) is 12.0. The Morgan fingerprint density at radius 3 is 0.822 bits per heavy atom. The minimum absolute atomic E-state index is 0.235. The summed E-state index contributed by atoms with van der Waals surface area (Å²) in [5.74, 6) is -0.981. The Morgan fingerprint density at radius 2 is 0.622 bits per heavy atom. The summed E-state index contributed by atoms with van der Waals surface area (Å²) in [4.78, 5) is 24.0. The molecule has 0 aliphatic carbocycles. The van der Waals surface area contributed by atoms with E-state index in [9.17, 15) is 9.59 Å². The molecule has 5 heteroatoms. The quantitative estimate of drug-likeness (QED) is 0.0660. The molecular weight excluding hydrogens is 556 g/mol. The fourth-order valence-corrected chi connectivity index (χ4v) is 6.71. The molecule has 0 heterocycles. The van der Waals surface area contributed by atoms with E-state index >= 15 is 0 Å². The van der Waals surface area contributed by atoms with Crippen molar-refractivity contribution >= 4 is 11.8 Å². The van der Waals surface area contributed by atoms with Gasteiger partial charge in [-0.15, -0.1) is 0 Å². The van der Waals surface area contributed by atoms with E-state index in [-0.39, 0.29) is 6.61 Å². The first-order valence-electron chi connectivity index (χ1n) is 20.2. The smallest absolute Gasteiger partial charge is 0.249 e. The number of nitrogens with two attached hydrogens (primary N) is 2. The van der Waals surface area contributed by atoms with E-state index in [1.165, 1.54) is 180 Å². The van der Waals surface area contributed by atoms with Crippen LogP contribution in [0.15, 0.2) is 0 Å². The van der Waals surface area contributed by atoms with Crippen LogP contribution in [0.3, 0.4) is 0 Å². The van der Waals surface area contributed by atoms with Gasteiger partial charge in [0.1, 0.15) is 12.2 Å². The van der Waals surface area contributed by atoms with E-state index in [0.29, 0.717) is 12.8 Å². The largest absolute Gasteiger partial charge is 0.368 e. The van der Waals surface area contributed by atoms with Gasteiger partial charge in [-0.3, -0.25) is 9.59 Å². The van der Waals surface area contributed by atoms with Gasteiger partial charge in [0, 0.05) is 0 Å². The summed E-state index contributed by atoms with van der Waals surface area (Å²) in [6.07, 6.45) is 43.2. The monoisotopic (exact) mass is 637 g/mol. The number of carbonyl (C=O) groups is 2. The number of carbonyl (C=O) groups excluding carboxylic acids is 2. The van der Waals surface area contributed by atoms with Gasteiger partial charge in [-0.05, 0) is 12.8 Å². The molecule has 5 nitrogen and oxygen atoms in total. The highest BCUT2D eigenvalue weighted by Crippen LogP contribution is 2.28. The van der Waals surface area contributed by atoms with Crippen molar-refractivity contribution in [1.29, 1.82) is 0 Å². The fourth-order valence-electron chi connectivity index (χ4n) is 6.71. The lowest BCUT2D eigenvalue weighted by atomic mass is 9.88. The maximum Gasteiger partial charge on any atom is 0.249 e. The van der Waals surface area contributed by atoms with Crippen molar-refractivity contribution in [2.45, 2.75) is 238 Å². The molecule has 0 atom stereocenters. The number of ether oxygens (including phenoxy) is 1. The number of primary amides is 2. The van der Waals surface area contributed by atoms with E-state index in [1.807, 2.05) is 0 Å². The van der Waals surface area contributed by atoms with Gasteiger partial charge in [0.25, 0.3) is 0 Å². The average Bonchev–Trinajstić information content (AvgIpc) is 3.02. The highest BCUT2D eigenvalue weighted by molar-refractivity contribution is 5.84. The van der Waals surface area contributed by atoms with Crippen molar-refractivity contribution in [3.05, 3.63) is 0 Å². The second-order valence-corrected chi connectivity index (χ2v) is 14.2. The summed E-state index contributed by atoms with van der Waals surface area (Å²) in [6.45, 7) is 4.32. The summed E-state index contributed by atoms with van der Waals surface area (Å²) in [6, 6.07) is 0. The van der Waals surface area contributed by atoms with E-state index in [4.69, 9.17) is 16.2 Å². The van der Waals surface area contributed by atoms with Gasteiger partial charge < -0.3 is 16.2 Å². The molecule has 0 aliphatic heterocycles.